The zero-order chi connectivity index (χ0) is 18.8. The summed E-state index contributed by atoms with van der Waals surface area (Å²) in [4.78, 5) is 31.7. The second-order valence-corrected chi connectivity index (χ2v) is 7.91. The predicted molar refractivity (Wildman–Crippen MR) is 103 cm³/mol. The molecule has 0 spiro atoms. The van der Waals surface area contributed by atoms with E-state index in [0.717, 1.165) is 34.7 Å². The molecule has 1 aliphatic heterocycles. The first-order valence-electron chi connectivity index (χ1n) is 9.07. The minimum absolute atomic E-state index is 0.0650. The fourth-order valence-electron chi connectivity index (χ4n) is 3.01. The maximum Gasteiger partial charge on any atom is 0.318 e. The van der Waals surface area contributed by atoms with Crippen molar-refractivity contribution in [2.45, 2.75) is 32.4 Å². The van der Waals surface area contributed by atoms with Gasteiger partial charge in [0.1, 0.15) is 5.75 Å². The molecule has 1 aromatic heterocycles. The molecule has 2 N–H and O–H groups in total. The lowest BCUT2D eigenvalue weighted by atomic mass is 10.2. The fourth-order valence-corrected chi connectivity index (χ4v) is 4.03. The van der Waals surface area contributed by atoms with Crippen molar-refractivity contribution in [1.29, 1.82) is 0 Å². The van der Waals surface area contributed by atoms with Gasteiger partial charge in [-0.3, -0.25) is 4.79 Å². The molecule has 7 nitrogen and oxygen atoms in total. The lowest BCUT2D eigenvalue weighted by Crippen LogP contribution is -2.42. The predicted octanol–water partition coefficient (Wildman–Crippen LogP) is 2.77. The summed E-state index contributed by atoms with van der Waals surface area (Å²) in [5.41, 5.74) is 2.01. The summed E-state index contributed by atoms with van der Waals surface area (Å²) in [6, 6.07) is 7.54. The van der Waals surface area contributed by atoms with E-state index < -0.39 is 0 Å². The summed E-state index contributed by atoms with van der Waals surface area (Å²) in [6.45, 7) is 1.62. The van der Waals surface area contributed by atoms with Crippen LogP contribution in [0, 0.1) is 5.92 Å². The molecule has 27 heavy (non-hydrogen) atoms. The third-order valence-corrected chi connectivity index (χ3v) is 5.80. The highest BCUT2D eigenvalue weighted by molar-refractivity contribution is 7.15. The van der Waals surface area contributed by atoms with Gasteiger partial charge in [0, 0.05) is 30.3 Å². The van der Waals surface area contributed by atoms with Gasteiger partial charge in [0.05, 0.1) is 19.3 Å². The molecule has 1 fully saturated rings. The number of anilines is 1. The van der Waals surface area contributed by atoms with E-state index in [-0.39, 0.29) is 17.9 Å². The van der Waals surface area contributed by atoms with Crippen LogP contribution in [0.25, 0.3) is 0 Å². The fraction of sp³-hybridized carbons (Fsp3) is 0.421. The monoisotopic (exact) mass is 386 g/mol. The number of benzene rings is 1. The largest absolute Gasteiger partial charge is 0.497 e. The molecule has 0 atom stereocenters. The Morgan fingerprint density at radius 3 is 2.78 bits per heavy atom. The van der Waals surface area contributed by atoms with Gasteiger partial charge in [0.25, 0.3) is 0 Å². The molecule has 0 radical (unpaired) electrons. The lowest BCUT2D eigenvalue weighted by Gasteiger charge is -2.26. The number of carbonyl (C=O) groups excluding carboxylic acids is 2. The van der Waals surface area contributed by atoms with Crippen molar-refractivity contribution >= 4 is 28.4 Å². The second-order valence-electron chi connectivity index (χ2n) is 6.83. The molecule has 0 bridgehead atoms. The van der Waals surface area contributed by atoms with Gasteiger partial charge < -0.3 is 20.3 Å². The van der Waals surface area contributed by atoms with Crippen LogP contribution in [0.1, 0.15) is 29.0 Å². The summed E-state index contributed by atoms with van der Waals surface area (Å²) in [5, 5.41) is 6.51. The smallest absolute Gasteiger partial charge is 0.318 e. The van der Waals surface area contributed by atoms with Crippen molar-refractivity contribution in [3.63, 3.8) is 0 Å². The first kappa shape index (κ1) is 17.8. The minimum Gasteiger partial charge on any atom is -0.497 e. The highest BCUT2D eigenvalue weighted by Crippen LogP contribution is 2.33. The number of nitrogens with one attached hydrogen (secondary N) is 2. The molecule has 1 saturated carbocycles. The Morgan fingerprint density at radius 1 is 1.30 bits per heavy atom. The number of nitrogens with zero attached hydrogens (tertiary/aromatic N) is 2. The van der Waals surface area contributed by atoms with Crippen LogP contribution in [0.3, 0.4) is 0 Å². The Kier molecular flexibility index (Phi) is 4.98. The van der Waals surface area contributed by atoms with Crippen molar-refractivity contribution in [2.75, 3.05) is 19.0 Å². The minimum atomic E-state index is -0.0894. The molecular formula is C19H22N4O3S. The van der Waals surface area contributed by atoms with E-state index in [2.05, 4.69) is 15.6 Å². The van der Waals surface area contributed by atoms with Crippen molar-refractivity contribution < 1.29 is 14.3 Å². The molecule has 0 unspecified atom stereocenters. The third-order valence-electron chi connectivity index (χ3n) is 4.80. The molecule has 1 aromatic carbocycles. The highest BCUT2D eigenvalue weighted by atomic mass is 32.1. The number of amides is 3. The topological polar surface area (TPSA) is 83.6 Å². The Labute approximate surface area is 161 Å². The van der Waals surface area contributed by atoms with Crippen LogP contribution >= 0.6 is 11.3 Å². The van der Waals surface area contributed by atoms with Gasteiger partial charge in [-0.2, -0.15) is 0 Å². The van der Waals surface area contributed by atoms with Crippen LogP contribution in [-0.4, -0.2) is 35.5 Å². The molecule has 2 aliphatic rings. The molecule has 2 aromatic rings. The van der Waals surface area contributed by atoms with E-state index in [0.29, 0.717) is 31.2 Å². The number of carbonyl (C=O) groups is 2. The van der Waals surface area contributed by atoms with Crippen molar-refractivity contribution in [3.8, 4) is 5.75 Å². The van der Waals surface area contributed by atoms with Crippen LogP contribution in [-0.2, 0) is 24.3 Å². The average Bonchev–Trinajstić information content (AvgIpc) is 3.46. The van der Waals surface area contributed by atoms with Crippen LogP contribution in [0.5, 0.6) is 5.75 Å². The van der Waals surface area contributed by atoms with Gasteiger partial charge >= 0.3 is 6.03 Å². The Morgan fingerprint density at radius 2 is 2.07 bits per heavy atom. The molecule has 4 rings (SSSR count). The average molecular weight is 386 g/mol. The number of hydrogen-bond donors (Lipinski definition) is 2. The summed E-state index contributed by atoms with van der Waals surface area (Å²) in [7, 11) is 1.63. The number of methoxy groups -OCH3 is 1. The van der Waals surface area contributed by atoms with Crippen LogP contribution < -0.4 is 15.4 Å². The number of hydrogen-bond acceptors (Lipinski definition) is 5. The molecule has 1 aliphatic carbocycles. The first-order chi connectivity index (χ1) is 13.1. The van der Waals surface area contributed by atoms with Crippen molar-refractivity contribution in [3.05, 3.63) is 40.4 Å². The maximum atomic E-state index is 12.5. The Bertz CT molecular complexity index is 845. The third kappa shape index (κ3) is 4.21. The van der Waals surface area contributed by atoms with Crippen LogP contribution in [0.4, 0.5) is 9.93 Å². The number of ether oxygens (including phenoxy) is 1. The molecular weight excluding hydrogens is 364 g/mol. The molecule has 0 saturated heterocycles. The zero-order valence-electron chi connectivity index (χ0n) is 15.2. The second kappa shape index (κ2) is 7.56. The molecule has 142 valence electrons. The van der Waals surface area contributed by atoms with Gasteiger partial charge in [-0.05, 0) is 30.5 Å². The Hall–Kier alpha value is -2.61. The van der Waals surface area contributed by atoms with Crippen molar-refractivity contribution in [1.82, 2.24) is 15.2 Å². The Balaban J connectivity index is 1.32. The summed E-state index contributed by atoms with van der Waals surface area (Å²) < 4.78 is 5.14. The van der Waals surface area contributed by atoms with Gasteiger partial charge in [-0.25, -0.2) is 9.78 Å². The van der Waals surface area contributed by atoms with Gasteiger partial charge in [0.2, 0.25) is 5.91 Å². The van der Waals surface area contributed by atoms with Gasteiger partial charge in [-0.15, -0.1) is 0 Å². The van der Waals surface area contributed by atoms with Crippen molar-refractivity contribution in [2.24, 2.45) is 5.92 Å². The molecule has 2 heterocycles. The summed E-state index contributed by atoms with van der Waals surface area (Å²) in [6.07, 6.45) is 2.65. The number of urea groups is 1. The molecule has 3 amide bonds. The number of aromatic nitrogens is 1. The van der Waals surface area contributed by atoms with Crippen LogP contribution in [0.15, 0.2) is 24.3 Å². The van der Waals surface area contributed by atoms with Gasteiger partial charge in [0.15, 0.2) is 5.13 Å². The first-order valence-corrected chi connectivity index (χ1v) is 9.89. The number of thiazole rings is 1. The standard InChI is InChI=1S/C19H22N4O3S/c1-26-14-6-2-12(3-7-14)10-20-19(25)23-9-8-15-16(11-23)27-18(21-15)22-17(24)13-4-5-13/h2-3,6-7,13H,4-5,8-11H2,1H3,(H,20,25)(H,21,22,24). The SMILES string of the molecule is COc1ccc(CNC(=O)N2CCc3nc(NC(=O)C4CC4)sc3C2)cc1. The number of fused-ring (bicyclic) bond motifs is 1. The van der Waals surface area contributed by atoms with Crippen LogP contribution in [0.2, 0.25) is 0 Å². The normalized spacial score (nSPS) is 15.8. The zero-order valence-corrected chi connectivity index (χ0v) is 16.0. The number of rotatable bonds is 5. The summed E-state index contributed by atoms with van der Waals surface area (Å²) >= 11 is 1.47. The van der Waals surface area contributed by atoms with E-state index in [4.69, 9.17) is 4.74 Å². The van der Waals surface area contributed by atoms with E-state index in [1.807, 2.05) is 24.3 Å². The van der Waals surface area contributed by atoms with E-state index in [1.54, 1.807) is 12.0 Å². The lowest BCUT2D eigenvalue weighted by molar-refractivity contribution is -0.117. The van der Waals surface area contributed by atoms with E-state index >= 15 is 0 Å². The van der Waals surface area contributed by atoms with E-state index in [9.17, 15) is 9.59 Å². The molecule has 8 heteroatoms. The van der Waals surface area contributed by atoms with E-state index in [1.165, 1.54) is 11.3 Å². The summed E-state index contributed by atoms with van der Waals surface area (Å²) in [5.74, 6) is 1.02. The maximum absolute atomic E-state index is 12.5. The quantitative estimate of drug-likeness (QED) is 0.828. The highest BCUT2D eigenvalue weighted by Gasteiger charge is 2.31. The van der Waals surface area contributed by atoms with Gasteiger partial charge in [-0.1, -0.05) is 23.5 Å².